The van der Waals surface area contributed by atoms with Gasteiger partial charge in [0, 0.05) is 5.69 Å². The van der Waals surface area contributed by atoms with E-state index in [-0.39, 0.29) is 31.0 Å². The summed E-state index contributed by atoms with van der Waals surface area (Å²) < 4.78 is 21.6. The average Bonchev–Trinajstić information content (AvgIpc) is 3.23. The molecule has 0 amide bonds. The van der Waals surface area contributed by atoms with Gasteiger partial charge in [-0.2, -0.15) is 5.26 Å². The maximum atomic E-state index is 11.2. The third-order valence-electron chi connectivity index (χ3n) is 4.22. The van der Waals surface area contributed by atoms with Crippen molar-refractivity contribution in [1.29, 1.82) is 5.26 Å². The Hall–Kier alpha value is -2.25. The van der Waals surface area contributed by atoms with Gasteiger partial charge in [0.25, 0.3) is 0 Å². The van der Waals surface area contributed by atoms with Gasteiger partial charge in [0.15, 0.2) is 5.11 Å². The number of anilines is 1. The summed E-state index contributed by atoms with van der Waals surface area (Å²) >= 11 is 5.33. The zero-order valence-corrected chi connectivity index (χ0v) is 15.0. The Labute approximate surface area is 156 Å². The first kappa shape index (κ1) is 18.5. The van der Waals surface area contributed by atoms with E-state index >= 15 is 0 Å². The number of nitrogens with zero attached hydrogens (tertiary/aromatic N) is 1. The second-order valence-corrected chi connectivity index (χ2v) is 6.33. The van der Waals surface area contributed by atoms with Crippen molar-refractivity contribution in [2.24, 2.45) is 0 Å². The molecule has 0 saturated carbocycles. The Kier molecular flexibility index (Phi) is 6.00. The first-order valence-electron chi connectivity index (χ1n) is 8.10. The molecule has 26 heavy (non-hydrogen) atoms. The van der Waals surface area contributed by atoms with Crippen LogP contribution in [0.2, 0.25) is 0 Å². The van der Waals surface area contributed by atoms with Gasteiger partial charge in [-0.1, -0.05) is 6.07 Å². The Morgan fingerprint density at radius 3 is 2.96 bits per heavy atom. The number of methoxy groups -OCH3 is 1. The first-order valence-corrected chi connectivity index (χ1v) is 8.51. The summed E-state index contributed by atoms with van der Waals surface area (Å²) in [7, 11) is 1.31. The predicted molar refractivity (Wildman–Crippen MR) is 95.5 cm³/mol. The molecule has 2 saturated heterocycles. The minimum atomic E-state index is -0.439. The number of hydrogen-bond donors (Lipinski definition) is 2. The summed E-state index contributed by atoms with van der Waals surface area (Å²) in [6.45, 7) is 0.618. The lowest BCUT2D eigenvalue weighted by Crippen LogP contribution is -2.46. The normalized spacial score (nSPS) is 26.6. The van der Waals surface area contributed by atoms with Gasteiger partial charge in [0.1, 0.15) is 24.9 Å². The molecule has 0 unspecified atom stereocenters. The van der Waals surface area contributed by atoms with Gasteiger partial charge in [-0.15, -0.1) is 0 Å². The van der Waals surface area contributed by atoms with Crippen LogP contribution in [0.1, 0.15) is 5.56 Å². The minimum Gasteiger partial charge on any atom is -0.467 e. The number of carbonyl (C=O) groups excluding carboxylic acids is 1. The third-order valence-corrected chi connectivity index (χ3v) is 4.44. The Morgan fingerprint density at radius 2 is 2.19 bits per heavy atom. The number of thiocarbonyl (C=S) groups is 1. The molecule has 8 nitrogen and oxygen atoms in total. The molecule has 2 heterocycles. The highest BCUT2D eigenvalue weighted by Gasteiger charge is 2.48. The Bertz CT molecular complexity index is 723. The van der Waals surface area contributed by atoms with Gasteiger partial charge < -0.3 is 29.6 Å². The van der Waals surface area contributed by atoms with Crippen molar-refractivity contribution >= 4 is 29.0 Å². The number of nitriles is 1. The quantitative estimate of drug-likeness (QED) is 0.563. The van der Waals surface area contributed by atoms with Crippen molar-refractivity contribution in [3.63, 3.8) is 0 Å². The highest BCUT2D eigenvalue weighted by Crippen LogP contribution is 2.29. The fourth-order valence-corrected chi connectivity index (χ4v) is 3.24. The minimum absolute atomic E-state index is 0.133. The second-order valence-electron chi connectivity index (χ2n) is 5.92. The topological polar surface area (TPSA) is 102 Å². The molecule has 1 aromatic carbocycles. The lowest BCUT2D eigenvalue weighted by Gasteiger charge is -2.20. The smallest absolute Gasteiger partial charge is 0.331 e. The highest BCUT2D eigenvalue weighted by molar-refractivity contribution is 7.80. The fraction of sp³-hybridized carbons (Fsp3) is 0.471. The molecule has 0 spiro atoms. The van der Waals surface area contributed by atoms with Crippen LogP contribution >= 0.6 is 12.2 Å². The van der Waals surface area contributed by atoms with Gasteiger partial charge in [0.05, 0.1) is 38.0 Å². The van der Waals surface area contributed by atoms with E-state index in [1.807, 2.05) is 6.07 Å². The second kappa shape index (κ2) is 8.42. The summed E-state index contributed by atoms with van der Waals surface area (Å²) in [5.74, 6) is -0.439. The lowest BCUT2D eigenvalue weighted by atomic mass is 10.1. The average molecular weight is 377 g/mol. The summed E-state index contributed by atoms with van der Waals surface area (Å²) in [4.78, 5) is 11.2. The predicted octanol–water partition coefficient (Wildman–Crippen LogP) is 0.569. The van der Waals surface area contributed by atoms with Crippen LogP contribution in [-0.2, 0) is 23.7 Å². The third kappa shape index (κ3) is 4.28. The SMILES string of the molecule is COC(=O)CO[C@@H]1CO[C@H]2[C@@H]1OC[C@@H]2NC(=S)Nc1cccc(C#N)c1. The van der Waals surface area contributed by atoms with E-state index < -0.39 is 5.97 Å². The molecule has 0 aromatic heterocycles. The van der Waals surface area contributed by atoms with Crippen molar-refractivity contribution in [2.75, 3.05) is 32.2 Å². The molecule has 0 aliphatic carbocycles. The van der Waals surface area contributed by atoms with Gasteiger partial charge in [-0.25, -0.2) is 4.79 Å². The van der Waals surface area contributed by atoms with Crippen molar-refractivity contribution in [1.82, 2.24) is 5.32 Å². The van der Waals surface area contributed by atoms with Crippen molar-refractivity contribution in [3.8, 4) is 6.07 Å². The zero-order chi connectivity index (χ0) is 18.5. The molecular weight excluding hydrogens is 358 g/mol. The molecule has 0 bridgehead atoms. The van der Waals surface area contributed by atoms with Gasteiger partial charge in [0.2, 0.25) is 0 Å². The molecule has 1 aromatic rings. The van der Waals surface area contributed by atoms with Gasteiger partial charge in [-0.05, 0) is 30.4 Å². The summed E-state index contributed by atoms with van der Waals surface area (Å²) in [6, 6.07) is 8.99. The molecule has 3 rings (SSSR count). The van der Waals surface area contributed by atoms with E-state index in [0.717, 1.165) is 5.69 Å². The summed E-state index contributed by atoms with van der Waals surface area (Å²) in [5, 5.41) is 15.6. The van der Waals surface area contributed by atoms with Crippen molar-refractivity contribution < 1.29 is 23.7 Å². The Balaban J connectivity index is 1.51. The monoisotopic (exact) mass is 377 g/mol. The maximum absolute atomic E-state index is 11.2. The number of ether oxygens (including phenoxy) is 4. The lowest BCUT2D eigenvalue weighted by molar-refractivity contribution is -0.150. The van der Waals surface area contributed by atoms with E-state index in [2.05, 4.69) is 21.4 Å². The molecule has 4 atom stereocenters. The fourth-order valence-electron chi connectivity index (χ4n) is 2.97. The van der Waals surface area contributed by atoms with Crippen LogP contribution in [0.15, 0.2) is 24.3 Å². The van der Waals surface area contributed by atoms with E-state index in [9.17, 15) is 4.79 Å². The molecule has 0 radical (unpaired) electrons. The van der Waals surface area contributed by atoms with Crippen LogP contribution in [0.5, 0.6) is 0 Å². The summed E-state index contributed by atoms with van der Waals surface area (Å²) in [6.07, 6.45) is -0.801. The van der Waals surface area contributed by atoms with Crippen LogP contribution in [0, 0.1) is 11.3 Å². The van der Waals surface area contributed by atoms with E-state index in [0.29, 0.717) is 23.9 Å². The van der Waals surface area contributed by atoms with Gasteiger partial charge >= 0.3 is 5.97 Å². The van der Waals surface area contributed by atoms with Crippen LogP contribution in [-0.4, -0.2) is 62.4 Å². The maximum Gasteiger partial charge on any atom is 0.331 e. The molecule has 2 aliphatic heterocycles. The first-order chi connectivity index (χ1) is 12.6. The highest BCUT2D eigenvalue weighted by atomic mass is 32.1. The van der Waals surface area contributed by atoms with E-state index in [4.69, 9.17) is 31.7 Å². The zero-order valence-electron chi connectivity index (χ0n) is 14.1. The van der Waals surface area contributed by atoms with Crippen LogP contribution in [0.25, 0.3) is 0 Å². The number of fused-ring (bicyclic) bond motifs is 1. The van der Waals surface area contributed by atoms with Gasteiger partial charge in [-0.3, -0.25) is 0 Å². The van der Waals surface area contributed by atoms with E-state index in [1.165, 1.54) is 7.11 Å². The molecule has 138 valence electrons. The molecule has 2 fully saturated rings. The van der Waals surface area contributed by atoms with Crippen LogP contribution < -0.4 is 10.6 Å². The number of carbonyl (C=O) groups is 1. The van der Waals surface area contributed by atoms with Crippen molar-refractivity contribution in [3.05, 3.63) is 29.8 Å². The van der Waals surface area contributed by atoms with Crippen molar-refractivity contribution in [2.45, 2.75) is 24.4 Å². The number of esters is 1. The van der Waals surface area contributed by atoms with Crippen LogP contribution in [0.4, 0.5) is 5.69 Å². The van der Waals surface area contributed by atoms with Crippen LogP contribution in [0.3, 0.4) is 0 Å². The number of rotatable bonds is 5. The van der Waals surface area contributed by atoms with E-state index in [1.54, 1.807) is 18.2 Å². The summed E-state index contributed by atoms with van der Waals surface area (Å²) in [5.41, 5.74) is 1.27. The molecular formula is C17H19N3O5S. The number of hydrogen-bond acceptors (Lipinski definition) is 7. The standard InChI is InChI=1S/C17H19N3O5S/c1-22-14(21)9-23-13-8-25-15-12(7-24-16(13)15)20-17(26)19-11-4-2-3-10(5-11)6-18/h2-5,12-13,15-16H,7-9H2,1H3,(H2,19,20,26)/t12-,13+,15+,16+/m0/s1. The Morgan fingerprint density at radius 1 is 1.38 bits per heavy atom. The molecule has 9 heteroatoms. The molecule has 2 N–H and O–H groups in total. The number of benzene rings is 1. The largest absolute Gasteiger partial charge is 0.467 e. The molecule has 2 aliphatic rings. The number of nitrogens with one attached hydrogen (secondary N) is 2.